The van der Waals surface area contributed by atoms with Crippen molar-refractivity contribution in [1.29, 1.82) is 0 Å². The Morgan fingerprint density at radius 3 is 2.54 bits per heavy atom. The summed E-state index contributed by atoms with van der Waals surface area (Å²) >= 11 is 0. The molecule has 1 fully saturated rings. The molecule has 0 aromatic heterocycles. The van der Waals surface area contributed by atoms with Gasteiger partial charge in [-0.25, -0.2) is 13.2 Å². The SMILES string of the molecule is CN(C[C@H]1CO1)S(=O)(=O)c1cc(/C=C/C(=O)O)cc(C(F)(F)F)c1. The van der Waals surface area contributed by atoms with E-state index in [-0.39, 0.29) is 18.2 Å². The van der Waals surface area contributed by atoms with Gasteiger partial charge < -0.3 is 9.84 Å². The molecule has 0 saturated carbocycles. The van der Waals surface area contributed by atoms with Gasteiger partial charge in [0.25, 0.3) is 0 Å². The Kier molecular flexibility index (Phi) is 5.02. The third-order valence-corrected chi connectivity index (χ3v) is 5.05. The predicted octanol–water partition coefficient (Wildman–Crippen LogP) is 1.82. The second-order valence-electron chi connectivity index (χ2n) is 5.20. The number of carboxylic acids is 1. The number of sulfonamides is 1. The average molecular weight is 365 g/mol. The number of alkyl halides is 3. The number of hydrogen-bond acceptors (Lipinski definition) is 4. The van der Waals surface area contributed by atoms with Crippen LogP contribution in [0.3, 0.4) is 0 Å². The molecule has 0 radical (unpaired) electrons. The van der Waals surface area contributed by atoms with E-state index in [1.165, 1.54) is 7.05 Å². The second-order valence-corrected chi connectivity index (χ2v) is 7.25. The van der Waals surface area contributed by atoms with E-state index in [9.17, 15) is 26.4 Å². The molecule has 0 amide bonds. The first-order valence-electron chi connectivity index (χ1n) is 6.71. The Bertz CT molecular complexity index is 769. The summed E-state index contributed by atoms with van der Waals surface area (Å²) in [6, 6.07) is 2.20. The monoisotopic (exact) mass is 365 g/mol. The van der Waals surface area contributed by atoms with Gasteiger partial charge in [-0.3, -0.25) is 0 Å². The van der Waals surface area contributed by atoms with Gasteiger partial charge in [-0.2, -0.15) is 17.5 Å². The highest BCUT2D eigenvalue weighted by Gasteiger charge is 2.34. The van der Waals surface area contributed by atoms with Crippen LogP contribution in [0, 0.1) is 0 Å². The summed E-state index contributed by atoms with van der Waals surface area (Å²) in [6.07, 6.45) is -3.49. The van der Waals surface area contributed by atoms with Gasteiger partial charge in [-0.05, 0) is 29.8 Å². The molecule has 0 bridgehead atoms. The van der Waals surface area contributed by atoms with Gasteiger partial charge in [0.1, 0.15) is 0 Å². The van der Waals surface area contributed by atoms with Crippen LogP contribution in [-0.4, -0.2) is 50.1 Å². The lowest BCUT2D eigenvalue weighted by Gasteiger charge is -2.18. The molecule has 1 aromatic carbocycles. The van der Waals surface area contributed by atoms with E-state index < -0.39 is 32.6 Å². The van der Waals surface area contributed by atoms with Crippen LogP contribution in [0.4, 0.5) is 13.2 Å². The van der Waals surface area contributed by atoms with E-state index in [4.69, 9.17) is 9.84 Å². The number of ether oxygens (including phenoxy) is 1. The molecule has 1 N–H and O–H groups in total. The minimum Gasteiger partial charge on any atom is -0.478 e. The van der Waals surface area contributed by atoms with E-state index in [1.54, 1.807) is 0 Å². The molecule has 1 atom stereocenters. The Morgan fingerprint density at radius 1 is 1.42 bits per heavy atom. The van der Waals surface area contributed by atoms with Gasteiger partial charge in [0.15, 0.2) is 0 Å². The normalized spacial score (nSPS) is 18.3. The molecule has 2 rings (SSSR count). The molecule has 1 heterocycles. The molecule has 0 spiro atoms. The van der Waals surface area contributed by atoms with Crippen LogP contribution in [0.15, 0.2) is 29.2 Å². The van der Waals surface area contributed by atoms with Gasteiger partial charge in [0.2, 0.25) is 10.0 Å². The zero-order valence-corrected chi connectivity index (χ0v) is 13.3. The summed E-state index contributed by atoms with van der Waals surface area (Å²) in [5.74, 6) is -1.36. The van der Waals surface area contributed by atoms with Crippen LogP contribution in [0.5, 0.6) is 0 Å². The van der Waals surface area contributed by atoms with Crippen LogP contribution < -0.4 is 0 Å². The van der Waals surface area contributed by atoms with Gasteiger partial charge in [-0.15, -0.1) is 0 Å². The number of likely N-dealkylation sites (N-methyl/N-ethyl adjacent to an activating group) is 1. The fourth-order valence-electron chi connectivity index (χ4n) is 1.94. The maximum atomic E-state index is 13.0. The largest absolute Gasteiger partial charge is 0.478 e. The predicted molar refractivity (Wildman–Crippen MR) is 77.7 cm³/mol. The first-order chi connectivity index (χ1) is 11.0. The first-order valence-corrected chi connectivity index (χ1v) is 8.15. The molecule has 10 heteroatoms. The zero-order chi connectivity index (χ0) is 18.1. The third-order valence-electron chi connectivity index (χ3n) is 3.25. The van der Waals surface area contributed by atoms with E-state index in [2.05, 4.69) is 0 Å². The fraction of sp³-hybridized carbons (Fsp3) is 0.357. The number of halogens is 3. The van der Waals surface area contributed by atoms with Crippen molar-refractivity contribution in [2.75, 3.05) is 20.2 Å². The van der Waals surface area contributed by atoms with Crippen molar-refractivity contribution in [1.82, 2.24) is 4.31 Å². The van der Waals surface area contributed by atoms with Crippen LogP contribution in [0.2, 0.25) is 0 Å². The number of benzene rings is 1. The standard InChI is InChI=1S/C14H14F3NO5S/c1-18(7-11-8-23-11)24(21,22)12-5-9(2-3-13(19)20)4-10(6-12)14(15,16)17/h2-6,11H,7-8H2,1H3,(H,19,20)/b3-2+/t11-/m0/s1. The molecular formula is C14H14F3NO5S. The van der Waals surface area contributed by atoms with Crippen molar-refractivity contribution in [2.24, 2.45) is 0 Å². The molecule has 132 valence electrons. The molecule has 1 saturated heterocycles. The molecule has 6 nitrogen and oxygen atoms in total. The van der Waals surface area contributed by atoms with Crippen LogP contribution in [0.1, 0.15) is 11.1 Å². The molecule has 24 heavy (non-hydrogen) atoms. The van der Waals surface area contributed by atoms with Gasteiger partial charge in [0.05, 0.1) is 23.2 Å². The summed E-state index contributed by atoms with van der Waals surface area (Å²) in [5, 5.41) is 8.58. The summed E-state index contributed by atoms with van der Waals surface area (Å²) in [4.78, 5) is 9.96. The van der Waals surface area contributed by atoms with Crippen molar-refractivity contribution in [3.8, 4) is 0 Å². The van der Waals surface area contributed by atoms with E-state index in [0.29, 0.717) is 24.8 Å². The highest BCUT2D eigenvalue weighted by atomic mass is 32.2. The van der Waals surface area contributed by atoms with Crippen molar-refractivity contribution in [3.05, 3.63) is 35.4 Å². The van der Waals surface area contributed by atoms with Crippen molar-refractivity contribution in [2.45, 2.75) is 17.2 Å². The molecule has 1 aliphatic heterocycles. The number of rotatable bonds is 6. The molecule has 1 aromatic rings. The maximum Gasteiger partial charge on any atom is 0.416 e. The maximum absolute atomic E-state index is 13.0. The Morgan fingerprint density at radius 2 is 2.04 bits per heavy atom. The number of hydrogen-bond donors (Lipinski definition) is 1. The Labute approximate surface area is 136 Å². The van der Waals surface area contributed by atoms with E-state index in [1.807, 2.05) is 0 Å². The Hall–Kier alpha value is -1.91. The lowest BCUT2D eigenvalue weighted by atomic mass is 10.1. The highest BCUT2D eigenvalue weighted by Crippen LogP contribution is 2.33. The molecule has 0 unspecified atom stereocenters. The van der Waals surface area contributed by atoms with Crippen LogP contribution in [0.25, 0.3) is 6.08 Å². The number of aliphatic carboxylic acids is 1. The topological polar surface area (TPSA) is 87.2 Å². The number of nitrogens with zero attached hydrogens (tertiary/aromatic N) is 1. The highest BCUT2D eigenvalue weighted by molar-refractivity contribution is 7.89. The lowest BCUT2D eigenvalue weighted by molar-refractivity contribution is -0.137. The van der Waals surface area contributed by atoms with Crippen LogP contribution >= 0.6 is 0 Å². The summed E-state index contributed by atoms with van der Waals surface area (Å²) in [7, 11) is -2.93. The number of carboxylic acid groups (broad SMARTS) is 1. The first kappa shape index (κ1) is 18.4. The molecule has 0 aliphatic carbocycles. The number of epoxide rings is 1. The fourth-order valence-corrected chi connectivity index (χ4v) is 3.22. The second kappa shape index (κ2) is 6.54. The lowest BCUT2D eigenvalue weighted by Crippen LogP contribution is -2.30. The van der Waals surface area contributed by atoms with Crippen LogP contribution in [-0.2, 0) is 25.7 Å². The minimum absolute atomic E-state index is 0.0267. The van der Waals surface area contributed by atoms with Gasteiger partial charge in [-0.1, -0.05) is 0 Å². The van der Waals surface area contributed by atoms with Crippen molar-refractivity contribution in [3.63, 3.8) is 0 Å². The third kappa shape index (κ3) is 4.56. The molecular weight excluding hydrogens is 351 g/mol. The molecule has 1 aliphatic rings. The number of carbonyl (C=O) groups is 1. The Balaban J connectivity index is 2.47. The smallest absolute Gasteiger partial charge is 0.416 e. The van der Waals surface area contributed by atoms with Crippen molar-refractivity contribution >= 4 is 22.1 Å². The quantitative estimate of drug-likeness (QED) is 0.614. The zero-order valence-electron chi connectivity index (χ0n) is 12.4. The van der Waals surface area contributed by atoms with E-state index >= 15 is 0 Å². The summed E-state index contributed by atoms with van der Waals surface area (Å²) in [5.41, 5.74) is -1.36. The van der Waals surface area contributed by atoms with Gasteiger partial charge >= 0.3 is 12.1 Å². The average Bonchev–Trinajstić information content (AvgIpc) is 3.27. The minimum atomic E-state index is -4.77. The summed E-state index contributed by atoms with van der Waals surface area (Å²) in [6.45, 7) is 0.425. The van der Waals surface area contributed by atoms with Crippen molar-refractivity contribution < 1.29 is 36.2 Å². The van der Waals surface area contributed by atoms with E-state index in [0.717, 1.165) is 16.4 Å². The summed E-state index contributed by atoms with van der Waals surface area (Å²) < 4.78 is 69.6. The van der Waals surface area contributed by atoms with Gasteiger partial charge in [0, 0.05) is 19.7 Å².